The first-order valence-electron chi connectivity index (χ1n) is 5.33. The second kappa shape index (κ2) is 4.18. The maximum absolute atomic E-state index is 5.73. The number of aromatic amines is 1. The van der Waals surface area contributed by atoms with Crippen LogP contribution in [0.5, 0.6) is 0 Å². The van der Waals surface area contributed by atoms with Crippen molar-refractivity contribution in [2.75, 3.05) is 0 Å². The Hall–Kier alpha value is -1.87. The van der Waals surface area contributed by atoms with Crippen LogP contribution in [-0.2, 0) is 5.88 Å². The third kappa shape index (κ3) is 1.89. The van der Waals surface area contributed by atoms with Crippen molar-refractivity contribution in [1.82, 2.24) is 15.0 Å². The summed E-state index contributed by atoms with van der Waals surface area (Å²) < 4.78 is 0. The molecule has 3 nitrogen and oxygen atoms in total. The number of aromatic nitrogens is 3. The molecular formula is C13H10ClN3. The van der Waals surface area contributed by atoms with Crippen LogP contribution in [0, 0.1) is 0 Å². The van der Waals surface area contributed by atoms with Crippen molar-refractivity contribution < 1.29 is 0 Å². The summed E-state index contributed by atoms with van der Waals surface area (Å²) in [6.45, 7) is 0. The molecule has 2 aromatic heterocycles. The zero-order chi connectivity index (χ0) is 11.7. The highest BCUT2D eigenvalue weighted by Gasteiger charge is 2.05. The normalized spacial score (nSPS) is 10.9. The van der Waals surface area contributed by atoms with Crippen molar-refractivity contribution in [3.05, 3.63) is 48.4 Å². The summed E-state index contributed by atoms with van der Waals surface area (Å²) in [4.78, 5) is 11.7. The Labute approximate surface area is 103 Å². The van der Waals surface area contributed by atoms with Crippen LogP contribution in [0.3, 0.4) is 0 Å². The number of rotatable bonds is 2. The van der Waals surface area contributed by atoms with Gasteiger partial charge in [-0.15, -0.1) is 11.6 Å². The number of hydrogen-bond acceptors (Lipinski definition) is 2. The minimum Gasteiger partial charge on any atom is -0.340 e. The minimum absolute atomic E-state index is 0.372. The first-order chi connectivity index (χ1) is 8.36. The molecular weight excluding hydrogens is 234 g/mol. The number of imidazole rings is 1. The lowest BCUT2D eigenvalue weighted by atomic mass is 10.1. The van der Waals surface area contributed by atoms with E-state index in [2.05, 4.69) is 27.1 Å². The molecule has 17 heavy (non-hydrogen) atoms. The van der Waals surface area contributed by atoms with E-state index in [4.69, 9.17) is 11.6 Å². The Morgan fingerprint density at radius 1 is 1.12 bits per heavy atom. The van der Waals surface area contributed by atoms with Crippen LogP contribution in [0.1, 0.15) is 5.82 Å². The highest BCUT2D eigenvalue weighted by molar-refractivity contribution is 6.16. The summed E-state index contributed by atoms with van der Waals surface area (Å²) in [6, 6.07) is 12.2. The Balaban J connectivity index is 2.13. The van der Waals surface area contributed by atoms with Crippen molar-refractivity contribution in [1.29, 1.82) is 0 Å². The van der Waals surface area contributed by atoms with Gasteiger partial charge in [0.2, 0.25) is 0 Å². The van der Waals surface area contributed by atoms with E-state index >= 15 is 0 Å². The first-order valence-corrected chi connectivity index (χ1v) is 5.86. The maximum Gasteiger partial charge on any atom is 0.177 e. The van der Waals surface area contributed by atoms with Gasteiger partial charge in [-0.05, 0) is 11.6 Å². The smallest absolute Gasteiger partial charge is 0.177 e. The molecule has 1 N–H and O–H groups in total. The first kappa shape index (κ1) is 10.3. The molecule has 0 saturated heterocycles. The van der Waals surface area contributed by atoms with Gasteiger partial charge in [0.05, 0.1) is 11.4 Å². The average Bonchev–Trinajstić information content (AvgIpc) is 2.81. The van der Waals surface area contributed by atoms with Crippen LogP contribution < -0.4 is 0 Å². The number of fused-ring (bicyclic) bond motifs is 1. The largest absolute Gasteiger partial charge is 0.340 e. The van der Waals surface area contributed by atoms with Crippen molar-refractivity contribution in [3.63, 3.8) is 0 Å². The quantitative estimate of drug-likeness (QED) is 0.701. The molecule has 4 heteroatoms. The zero-order valence-electron chi connectivity index (χ0n) is 9.02. The van der Waals surface area contributed by atoms with E-state index in [1.54, 1.807) is 0 Å². The second-order valence-corrected chi connectivity index (χ2v) is 4.05. The maximum atomic E-state index is 5.73. The van der Waals surface area contributed by atoms with Crippen LogP contribution in [-0.4, -0.2) is 15.0 Å². The molecule has 0 saturated carbocycles. The summed E-state index contributed by atoms with van der Waals surface area (Å²) in [6.07, 6.45) is 1.83. The van der Waals surface area contributed by atoms with E-state index in [9.17, 15) is 0 Å². The number of benzene rings is 1. The van der Waals surface area contributed by atoms with Gasteiger partial charge >= 0.3 is 0 Å². The summed E-state index contributed by atoms with van der Waals surface area (Å²) >= 11 is 5.73. The van der Waals surface area contributed by atoms with Crippen molar-refractivity contribution in [3.8, 4) is 11.1 Å². The fraction of sp³-hybridized carbons (Fsp3) is 0.0769. The van der Waals surface area contributed by atoms with Gasteiger partial charge < -0.3 is 4.98 Å². The van der Waals surface area contributed by atoms with Gasteiger partial charge in [0.1, 0.15) is 5.82 Å². The molecule has 1 aromatic carbocycles. The number of H-pyrrole nitrogens is 1. The van der Waals surface area contributed by atoms with E-state index in [0.29, 0.717) is 11.5 Å². The van der Waals surface area contributed by atoms with Gasteiger partial charge in [-0.25, -0.2) is 9.97 Å². The van der Waals surface area contributed by atoms with Gasteiger partial charge in [-0.1, -0.05) is 30.3 Å². The second-order valence-electron chi connectivity index (χ2n) is 3.78. The van der Waals surface area contributed by atoms with Crippen LogP contribution in [0.2, 0.25) is 0 Å². The monoisotopic (exact) mass is 243 g/mol. The number of pyridine rings is 1. The molecule has 84 valence electrons. The van der Waals surface area contributed by atoms with Crippen LogP contribution in [0.25, 0.3) is 22.3 Å². The van der Waals surface area contributed by atoms with Crippen molar-refractivity contribution in [2.24, 2.45) is 0 Å². The molecule has 0 bridgehead atoms. The SMILES string of the molecule is ClCc1nc2ncc(-c3ccccc3)cc2[nH]1. The fourth-order valence-electron chi connectivity index (χ4n) is 1.80. The Morgan fingerprint density at radius 3 is 2.71 bits per heavy atom. The van der Waals surface area contributed by atoms with Gasteiger partial charge in [0.15, 0.2) is 5.65 Å². The average molecular weight is 244 g/mol. The summed E-state index contributed by atoms with van der Waals surface area (Å²) in [5, 5.41) is 0. The van der Waals surface area contributed by atoms with Crippen molar-refractivity contribution >= 4 is 22.8 Å². The molecule has 0 spiro atoms. The van der Waals surface area contributed by atoms with Crippen molar-refractivity contribution in [2.45, 2.75) is 5.88 Å². The van der Waals surface area contributed by atoms with E-state index < -0.39 is 0 Å². The third-order valence-corrected chi connectivity index (χ3v) is 2.87. The Bertz CT molecular complexity index is 646. The predicted molar refractivity (Wildman–Crippen MR) is 68.9 cm³/mol. The van der Waals surface area contributed by atoms with Gasteiger partial charge in [0, 0.05) is 11.8 Å². The molecule has 0 aliphatic carbocycles. The zero-order valence-corrected chi connectivity index (χ0v) is 9.78. The topological polar surface area (TPSA) is 41.6 Å². The van der Waals surface area contributed by atoms with Gasteiger partial charge in [-0.3, -0.25) is 0 Å². The molecule has 0 atom stereocenters. The summed E-state index contributed by atoms with van der Waals surface area (Å²) in [5.41, 5.74) is 3.84. The predicted octanol–water partition coefficient (Wildman–Crippen LogP) is 3.36. The van der Waals surface area contributed by atoms with E-state index in [1.807, 2.05) is 30.5 Å². The van der Waals surface area contributed by atoms with Crippen LogP contribution in [0.4, 0.5) is 0 Å². The number of alkyl halides is 1. The standard InChI is InChI=1S/C13H10ClN3/c14-7-12-16-11-6-10(8-15-13(11)17-12)9-4-2-1-3-5-9/h1-6,8H,7H2,(H,15,16,17). The summed E-state index contributed by atoms with van der Waals surface area (Å²) in [5.74, 6) is 1.12. The molecule has 0 aliphatic heterocycles. The molecule has 0 amide bonds. The lowest BCUT2D eigenvalue weighted by Gasteiger charge is -1.99. The molecule has 0 radical (unpaired) electrons. The Kier molecular flexibility index (Phi) is 2.53. The minimum atomic E-state index is 0.372. The Morgan fingerprint density at radius 2 is 1.94 bits per heavy atom. The lowest BCUT2D eigenvalue weighted by Crippen LogP contribution is -1.81. The molecule has 0 aliphatic rings. The summed E-state index contributed by atoms with van der Waals surface area (Å²) in [7, 11) is 0. The van der Waals surface area contributed by atoms with E-state index in [0.717, 1.165) is 22.5 Å². The highest BCUT2D eigenvalue weighted by atomic mass is 35.5. The van der Waals surface area contributed by atoms with Crippen LogP contribution >= 0.6 is 11.6 Å². The molecule has 0 unspecified atom stereocenters. The van der Waals surface area contributed by atoms with E-state index in [-0.39, 0.29) is 0 Å². The van der Waals surface area contributed by atoms with Gasteiger partial charge in [0.25, 0.3) is 0 Å². The third-order valence-electron chi connectivity index (χ3n) is 2.62. The lowest BCUT2D eigenvalue weighted by molar-refractivity contribution is 1.13. The molecule has 3 rings (SSSR count). The number of halogens is 1. The fourth-order valence-corrected chi connectivity index (χ4v) is 1.93. The highest BCUT2D eigenvalue weighted by Crippen LogP contribution is 2.21. The number of nitrogens with zero attached hydrogens (tertiary/aromatic N) is 2. The number of nitrogens with one attached hydrogen (secondary N) is 1. The van der Waals surface area contributed by atoms with Crippen LogP contribution in [0.15, 0.2) is 42.6 Å². The van der Waals surface area contributed by atoms with E-state index in [1.165, 1.54) is 0 Å². The molecule has 3 aromatic rings. The number of hydrogen-bond donors (Lipinski definition) is 1. The molecule has 0 fully saturated rings. The molecule has 2 heterocycles. The van der Waals surface area contributed by atoms with Gasteiger partial charge in [-0.2, -0.15) is 0 Å².